The first kappa shape index (κ1) is 18.1. The van der Waals surface area contributed by atoms with Crippen LogP contribution < -0.4 is 4.90 Å². The van der Waals surface area contributed by atoms with Gasteiger partial charge in [0.1, 0.15) is 11.6 Å². The summed E-state index contributed by atoms with van der Waals surface area (Å²) in [6.45, 7) is 4.27. The summed E-state index contributed by atoms with van der Waals surface area (Å²) in [6, 6.07) is 8.07. The summed E-state index contributed by atoms with van der Waals surface area (Å²) >= 11 is 0. The summed E-state index contributed by atoms with van der Waals surface area (Å²) in [6.07, 6.45) is 3.55. The van der Waals surface area contributed by atoms with Crippen LogP contribution in [0, 0.1) is 12.7 Å². The Labute approximate surface area is 161 Å². The third-order valence-electron chi connectivity index (χ3n) is 4.78. The third-order valence-corrected chi connectivity index (χ3v) is 4.78. The van der Waals surface area contributed by atoms with Crippen molar-refractivity contribution in [3.05, 3.63) is 60.0 Å². The molecule has 1 aromatic carbocycles. The van der Waals surface area contributed by atoms with Gasteiger partial charge in [0.05, 0.1) is 17.7 Å². The molecule has 1 fully saturated rings. The van der Waals surface area contributed by atoms with Gasteiger partial charge in [0.15, 0.2) is 0 Å². The molecule has 0 radical (unpaired) electrons. The van der Waals surface area contributed by atoms with Crippen LogP contribution >= 0.6 is 0 Å². The lowest BCUT2D eigenvalue weighted by molar-refractivity contribution is -0.130. The third kappa shape index (κ3) is 3.71. The zero-order chi connectivity index (χ0) is 19.5. The average molecular weight is 381 g/mol. The minimum Gasteiger partial charge on any atom is -0.441 e. The summed E-state index contributed by atoms with van der Waals surface area (Å²) in [7, 11) is 0. The topological polar surface area (TPSA) is 75.4 Å². The number of oxazole rings is 1. The molecule has 4 rings (SSSR count). The van der Waals surface area contributed by atoms with Crippen LogP contribution in [0.4, 0.5) is 10.3 Å². The second-order valence-electron chi connectivity index (χ2n) is 6.60. The summed E-state index contributed by atoms with van der Waals surface area (Å²) in [5.41, 5.74) is 0.831. The lowest BCUT2D eigenvalue weighted by Gasteiger charge is -2.34. The van der Waals surface area contributed by atoms with E-state index < -0.39 is 5.82 Å². The van der Waals surface area contributed by atoms with Crippen molar-refractivity contribution in [2.75, 3.05) is 31.1 Å². The molecule has 0 spiro atoms. The van der Waals surface area contributed by atoms with Crippen molar-refractivity contribution in [2.24, 2.45) is 0 Å². The van der Waals surface area contributed by atoms with Gasteiger partial charge >= 0.3 is 0 Å². The second kappa shape index (κ2) is 7.75. The Bertz CT molecular complexity index is 968. The summed E-state index contributed by atoms with van der Waals surface area (Å²) in [5.74, 6) is 0.981. The number of hydrogen-bond acceptors (Lipinski definition) is 6. The number of halogens is 1. The number of carbonyl (C=O) groups excluding carboxylic acids is 1. The van der Waals surface area contributed by atoms with E-state index in [-0.39, 0.29) is 18.2 Å². The number of piperazine rings is 1. The number of anilines is 1. The molecule has 8 heteroatoms. The Balaban J connectivity index is 1.40. The Kier molecular flexibility index (Phi) is 5.01. The first-order valence-electron chi connectivity index (χ1n) is 9.13. The van der Waals surface area contributed by atoms with E-state index >= 15 is 0 Å². The molecule has 7 nitrogen and oxygen atoms in total. The molecule has 3 heterocycles. The highest BCUT2D eigenvalue weighted by atomic mass is 19.1. The monoisotopic (exact) mass is 381 g/mol. The maximum atomic E-state index is 14.0. The Hall–Kier alpha value is -3.29. The number of amides is 1. The van der Waals surface area contributed by atoms with E-state index in [1.807, 2.05) is 0 Å². The van der Waals surface area contributed by atoms with Crippen LogP contribution in [0.5, 0.6) is 0 Å². The first-order chi connectivity index (χ1) is 13.6. The number of carbonyl (C=O) groups is 1. The highest BCUT2D eigenvalue weighted by molar-refractivity contribution is 5.79. The fraction of sp³-hybridized carbons (Fsp3) is 0.300. The first-order valence-corrected chi connectivity index (χ1v) is 9.13. The van der Waals surface area contributed by atoms with Gasteiger partial charge < -0.3 is 14.2 Å². The van der Waals surface area contributed by atoms with E-state index in [0.29, 0.717) is 49.1 Å². The minimum absolute atomic E-state index is 0.0230. The zero-order valence-corrected chi connectivity index (χ0v) is 15.5. The molecule has 1 aliphatic heterocycles. The Morgan fingerprint density at radius 2 is 1.82 bits per heavy atom. The second-order valence-corrected chi connectivity index (χ2v) is 6.60. The van der Waals surface area contributed by atoms with E-state index in [2.05, 4.69) is 19.9 Å². The van der Waals surface area contributed by atoms with Gasteiger partial charge in [-0.25, -0.2) is 19.3 Å². The molecule has 1 amide bonds. The number of aryl methyl sites for hydroxylation is 1. The molecule has 2 aromatic heterocycles. The quantitative estimate of drug-likeness (QED) is 0.691. The molecular weight excluding hydrogens is 361 g/mol. The van der Waals surface area contributed by atoms with Crippen LogP contribution in [0.2, 0.25) is 0 Å². The molecule has 144 valence electrons. The van der Waals surface area contributed by atoms with Crippen LogP contribution in [-0.2, 0) is 11.2 Å². The maximum absolute atomic E-state index is 14.0. The van der Waals surface area contributed by atoms with Crippen molar-refractivity contribution in [3.8, 4) is 11.5 Å². The van der Waals surface area contributed by atoms with Crippen LogP contribution in [0.25, 0.3) is 11.5 Å². The fourth-order valence-corrected chi connectivity index (χ4v) is 3.21. The zero-order valence-electron chi connectivity index (χ0n) is 15.5. The van der Waals surface area contributed by atoms with Crippen molar-refractivity contribution in [2.45, 2.75) is 13.3 Å². The van der Waals surface area contributed by atoms with E-state index in [1.54, 1.807) is 48.5 Å². The fourth-order valence-electron chi connectivity index (χ4n) is 3.21. The van der Waals surface area contributed by atoms with E-state index in [9.17, 15) is 9.18 Å². The van der Waals surface area contributed by atoms with Crippen molar-refractivity contribution < 1.29 is 13.6 Å². The van der Waals surface area contributed by atoms with Crippen LogP contribution in [-0.4, -0.2) is 51.9 Å². The van der Waals surface area contributed by atoms with Crippen molar-refractivity contribution in [3.63, 3.8) is 0 Å². The highest BCUT2D eigenvalue weighted by Crippen LogP contribution is 2.24. The summed E-state index contributed by atoms with van der Waals surface area (Å²) in [4.78, 5) is 29.4. The molecule has 0 saturated carbocycles. The summed E-state index contributed by atoms with van der Waals surface area (Å²) in [5, 5.41) is 0. The molecule has 1 aliphatic rings. The number of nitrogens with zero attached hydrogens (tertiary/aromatic N) is 5. The number of rotatable bonds is 4. The predicted molar refractivity (Wildman–Crippen MR) is 101 cm³/mol. The van der Waals surface area contributed by atoms with Crippen LogP contribution in [0.15, 0.2) is 47.1 Å². The smallest absolute Gasteiger partial charge is 0.229 e. The maximum Gasteiger partial charge on any atom is 0.229 e. The van der Waals surface area contributed by atoms with Crippen LogP contribution in [0.1, 0.15) is 11.5 Å². The lowest BCUT2D eigenvalue weighted by Crippen LogP contribution is -2.49. The molecule has 0 N–H and O–H groups in total. The molecule has 0 unspecified atom stereocenters. The number of aromatic nitrogens is 3. The number of hydrogen-bond donors (Lipinski definition) is 0. The largest absolute Gasteiger partial charge is 0.441 e. The molecule has 28 heavy (non-hydrogen) atoms. The number of benzene rings is 1. The summed E-state index contributed by atoms with van der Waals surface area (Å²) < 4.78 is 19.6. The van der Waals surface area contributed by atoms with Gasteiger partial charge in [-0.15, -0.1) is 0 Å². The standard InChI is InChI=1S/C20H20FN5O2/c1-14-17(24-19(28-14)15-5-2-3-6-16(15)21)13-18(27)25-9-11-26(12-10-25)20-22-7-4-8-23-20/h2-8H,9-13H2,1H3. The van der Waals surface area contributed by atoms with Crippen molar-refractivity contribution in [1.82, 2.24) is 19.9 Å². The molecule has 0 bridgehead atoms. The SMILES string of the molecule is Cc1oc(-c2ccccc2F)nc1CC(=O)N1CCN(c2ncccn2)CC1. The van der Waals surface area contributed by atoms with Gasteiger partial charge in [-0.1, -0.05) is 12.1 Å². The molecule has 3 aromatic rings. The van der Waals surface area contributed by atoms with E-state index in [1.165, 1.54) is 6.07 Å². The van der Waals surface area contributed by atoms with Crippen molar-refractivity contribution in [1.29, 1.82) is 0 Å². The normalized spacial score (nSPS) is 14.4. The Morgan fingerprint density at radius 3 is 2.54 bits per heavy atom. The molecule has 0 atom stereocenters. The van der Waals surface area contributed by atoms with Gasteiger partial charge in [-0.05, 0) is 25.1 Å². The Morgan fingerprint density at radius 1 is 1.11 bits per heavy atom. The minimum atomic E-state index is -0.402. The van der Waals surface area contributed by atoms with Gasteiger partial charge in [0.25, 0.3) is 0 Å². The van der Waals surface area contributed by atoms with Gasteiger partial charge in [-0.2, -0.15) is 0 Å². The van der Waals surface area contributed by atoms with E-state index in [4.69, 9.17) is 4.42 Å². The molecule has 0 aliphatic carbocycles. The predicted octanol–water partition coefficient (Wildman–Crippen LogP) is 2.47. The highest BCUT2D eigenvalue weighted by Gasteiger charge is 2.24. The molecule has 1 saturated heterocycles. The lowest BCUT2D eigenvalue weighted by atomic mass is 10.2. The van der Waals surface area contributed by atoms with Crippen molar-refractivity contribution >= 4 is 11.9 Å². The van der Waals surface area contributed by atoms with E-state index in [0.717, 1.165) is 0 Å². The van der Waals surface area contributed by atoms with Crippen LogP contribution in [0.3, 0.4) is 0 Å². The van der Waals surface area contributed by atoms with Gasteiger partial charge in [0.2, 0.25) is 17.7 Å². The van der Waals surface area contributed by atoms with Gasteiger partial charge in [-0.3, -0.25) is 4.79 Å². The molecular formula is C20H20FN5O2. The van der Waals surface area contributed by atoms with Gasteiger partial charge in [0, 0.05) is 38.6 Å². The average Bonchev–Trinajstić information content (AvgIpc) is 3.09.